The van der Waals surface area contributed by atoms with E-state index >= 15 is 0 Å². The highest BCUT2D eigenvalue weighted by Gasteiger charge is 2.32. The molecule has 22 heavy (non-hydrogen) atoms. The van der Waals surface area contributed by atoms with Crippen LogP contribution in [0.5, 0.6) is 0 Å². The average Bonchev–Trinajstić information content (AvgIpc) is 2.50. The molecule has 1 aromatic heterocycles. The predicted octanol–water partition coefficient (Wildman–Crippen LogP) is 3.63. The van der Waals surface area contributed by atoms with Crippen LogP contribution < -0.4 is 0 Å². The Hall–Kier alpha value is -1.66. The summed E-state index contributed by atoms with van der Waals surface area (Å²) in [5, 5.41) is 11.0. The van der Waals surface area contributed by atoms with Crippen molar-refractivity contribution < 1.29 is 18.3 Å². The van der Waals surface area contributed by atoms with Crippen LogP contribution in [-0.2, 0) is 6.18 Å². The van der Waals surface area contributed by atoms with Gasteiger partial charge >= 0.3 is 6.18 Å². The molecule has 120 valence electrons. The van der Waals surface area contributed by atoms with Gasteiger partial charge in [0.15, 0.2) is 0 Å². The zero-order valence-electron chi connectivity index (χ0n) is 12.6. The number of benzene rings is 1. The van der Waals surface area contributed by atoms with E-state index in [-0.39, 0.29) is 5.52 Å². The number of hydrogen-bond donors (Lipinski definition) is 1. The summed E-state index contributed by atoms with van der Waals surface area (Å²) in [6.45, 7) is 5.84. The Morgan fingerprint density at radius 2 is 1.82 bits per heavy atom. The molecule has 0 amide bonds. The number of pyridine rings is 1. The number of para-hydroxylation sites is 1. The predicted molar refractivity (Wildman–Crippen MR) is 79.5 cm³/mol. The number of hydrogen-bond acceptors (Lipinski definition) is 3. The van der Waals surface area contributed by atoms with Crippen molar-refractivity contribution in [2.75, 3.05) is 19.6 Å². The van der Waals surface area contributed by atoms with Crippen molar-refractivity contribution in [2.24, 2.45) is 0 Å². The minimum atomic E-state index is -4.49. The maximum absolute atomic E-state index is 12.8. The summed E-state index contributed by atoms with van der Waals surface area (Å²) in [5.74, 6) is 0. The summed E-state index contributed by atoms with van der Waals surface area (Å²) < 4.78 is 38.5. The van der Waals surface area contributed by atoms with Crippen molar-refractivity contribution in [3.8, 4) is 0 Å². The van der Waals surface area contributed by atoms with E-state index in [9.17, 15) is 18.3 Å². The number of halogens is 3. The lowest BCUT2D eigenvalue weighted by Gasteiger charge is -2.22. The highest BCUT2D eigenvalue weighted by molar-refractivity contribution is 5.82. The van der Waals surface area contributed by atoms with Crippen molar-refractivity contribution >= 4 is 10.9 Å². The number of alkyl halides is 3. The summed E-state index contributed by atoms with van der Waals surface area (Å²) in [6.07, 6.45) is -5.37. The molecule has 2 aromatic rings. The summed E-state index contributed by atoms with van der Waals surface area (Å²) in [4.78, 5) is 5.73. The molecule has 1 heterocycles. The van der Waals surface area contributed by atoms with Crippen molar-refractivity contribution in [3.05, 3.63) is 41.6 Å². The summed E-state index contributed by atoms with van der Waals surface area (Å²) in [7, 11) is 0. The second kappa shape index (κ2) is 6.62. The first-order valence-corrected chi connectivity index (χ1v) is 7.24. The standard InChI is InChI=1S/C16H19F3N2O/c1-3-21(4-2)10-13(22)12-7-5-6-11-8-9-14(16(17,18)19)20-15(11)12/h5-9,13,22H,3-4,10H2,1-2H3. The van der Waals surface area contributed by atoms with Crippen molar-refractivity contribution in [1.29, 1.82) is 0 Å². The number of aliphatic hydroxyl groups is 1. The molecule has 1 atom stereocenters. The molecule has 3 nitrogen and oxygen atoms in total. The molecule has 1 aromatic carbocycles. The van der Waals surface area contributed by atoms with E-state index in [2.05, 4.69) is 4.98 Å². The van der Waals surface area contributed by atoms with Gasteiger partial charge in [0, 0.05) is 17.5 Å². The number of aliphatic hydroxyl groups excluding tert-OH is 1. The van der Waals surface area contributed by atoms with Crippen molar-refractivity contribution in [3.63, 3.8) is 0 Å². The van der Waals surface area contributed by atoms with E-state index in [4.69, 9.17) is 0 Å². The molecule has 1 unspecified atom stereocenters. The molecule has 0 saturated heterocycles. The molecule has 0 spiro atoms. The Balaban J connectivity index is 2.44. The number of nitrogens with zero attached hydrogens (tertiary/aromatic N) is 2. The summed E-state index contributed by atoms with van der Waals surface area (Å²) in [5.41, 5.74) is -0.310. The van der Waals surface area contributed by atoms with E-state index < -0.39 is 18.0 Å². The monoisotopic (exact) mass is 312 g/mol. The zero-order chi connectivity index (χ0) is 16.3. The first kappa shape index (κ1) is 16.7. The molecule has 2 rings (SSSR count). The second-order valence-corrected chi connectivity index (χ2v) is 5.11. The Bertz CT molecular complexity index is 639. The first-order valence-electron chi connectivity index (χ1n) is 7.24. The lowest BCUT2D eigenvalue weighted by Crippen LogP contribution is -2.28. The number of aromatic nitrogens is 1. The molecule has 0 saturated carbocycles. The molecule has 0 aliphatic carbocycles. The van der Waals surface area contributed by atoms with Crippen LogP contribution in [0, 0.1) is 0 Å². The highest BCUT2D eigenvalue weighted by Crippen LogP contribution is 2.31. The minimum absolute atomic E-state index is 0.206. The van der Waals surface area contributed by atoms with Crippen LogP contribution in [0.1, 0.15) is 31.2 Å². The van der Waals surface area contributed by atoms with E-state index in [0.29, 0.717) is 17.5 Å². The maximum Gasteiger partial charge on any atom is 0.433 e. The second-order valence-electron chi connectivity index (χ2n) is 5.11. The lowest BCUT2D eigenvalue weighted by atomic mass is 10.0. The van der Waals surface area contributed by atoms with Gasteiger partial charge < -0.3 is 10.0 Å². The fourth-order valence-corrected chi connectivity index (χ4v) is 2.42. The third-order valence-electron chi connectivity index (χ3n) is 3.73. The van der Waals surface area contributed by atoms with E-state index in [1.54, 1.807) is 18.2 Å². The highest BCUT2D eigenvalue weighted by atomic mass is 19.4. The van der Waals surface area contributed by atoms with Crippen LogP contribution >= 0.6 is 0 Å². The summed E-state index contributed by atoms with van der Waals surface area (Å²) >= 11 is 0. The van der Waals surface area contributed by atoms with Crippen LogP contribution in [-0.4, -0.2) is 34.6 Å². The van der Waals surface area contributed by atoms with Crippen LogP contribution in [0.3, 0.4) is 0 Å². The van der Waals surface area contributed by atoms with Gasteiger partial charge in [-0.3, -0.25) is 0 Å². The SMILES string of the molecule is CCN(CC)CC(O)c1cccc2ccc(C(F)(F)F)nc12. The summed E-state index contributed by atoms with van der Waals surface area (Å²) in [6, 6.07) is 7.39. The third-order valence-corrected chi connectivity index (χ3v) is 3.73. The third kappa shape index (κ3) is 3.56. The van der Waals surface area contributed by atoms with Gasteiger partial charge in [-0.15, -0.1) is 0 Å². The van der Waals surface area contributed by atoms with Gasteiger partial charge in [0.05, 0.1) is 11.6 Å². The number of likely N-dealkylation sites (N-methyl/N-ethyl adjacent to an activating group) is 1. The molecule has 0 bridgehead atoms. The molecule has 6 heteroatoms. The van der Waals surface area contributed by atoms with Gasteiger partial charge in [-0.2, -0.15) is 13.2 Å². The van der Waals surface area contributed by atoms with E-state index in [1.165, 1.54) is 6.07 Å². The van der Waals surface area contributed by atoms with E-state index in [0.717, 1.165) is 19.2 Å². The molecular formula is C16H19F3N2O. The minimum Gasteiger partial charge on any atom is -0.387 e. The lowest BCUT2D eigenvalue weighted by molar-refractivity contribution is -0.140. The Morgan fingerprint density at radius 3 is 2.41 bits per heavy atom. The van der Waals surface area contributed by atoms with Crippen molar-refractivity contribution in [1.82, 2.24) is 9.88 Å². The fourth-order valence-electron chi connectivity index (χ4n) is 2.42. The Labute approximate surface area is 127 Å². The van der Waals surface area contributed by atoms with Crippen molar-refractivity contribution in [2.45, 2.75) is 26.1 Å². The van der Waals surface area contributed by atoms with Crippen LogP contribution in [0.2, 0.25) is 0 Å². The number of fused-ring (bicyclic) bond motifs is 1. The zero-order valence-corrected chi connectivity index (χ0v) is 12.6. The topological polar surface area (TPSA) is 36.4 Å². The smallest absolute Gasteiger partial charge is 0.387 e. The molecule has 1 N–H and O–H groups in total. The van der Waals surface area contributed by atoms with Crippen LogP contribution in [0.4, 0.5) is 13.2 Å². The van der Waals surface area contributed by atoms with E-state index in [1.807, 2.05) is 18.7 Å². The molecule has 0 fully saturated rings. The van der Waals surface area contributed by atoms with Gasteiger partial charge in [0.25, 0.3) is 0 Å². The van der Waals surface area contributed by atoms with Gasteiger partial charge in [-0.1, -0.05) is 38.1 Å². The van der Waals surface area contributed by atoms with Crippen LogP contribution in [0.15, 0.2) is 30.3 Å². The average molecular weight is 312 g/mol. The molecule has 0 radical (unpaired) electrons. The largest absolute Gasteiger partial charge is 0.433 e. The van der Waals surface area contributed by atoms with Gasteiger partial charge in [-0.05, 0) is 19.2 Å². The molecular weight excluding hydrogens is 293 g/mol. The molecule has 0 aliphatic heterocycles. The normalized spacial score (nSPS) is 13.8. The fraction of sp³-hybridized carbons (Fsp3) is 0.438. The van der Waals surface area contributed by atoms with Gasteiger partial charge in [0.1, 0.15) is 5.69 Å². The van der Waals surface area contributed by atoms with Gasteiger partial charge in [-0.25, -0.2) is 4.98 Å². The number of rotatable bonds is 5. The van der Waals surface area contributed by atoms with Crippen LogP contribution in [0.25, 0.3) is 10.9 Å². The Kier molecular flexibility index (Phi) is 5.03. The maximum atomic E-state index is 12.8. The Morgan fingerprint density at radius 1 is 1.14 bits per heavy atom. The van der Waals surface area contributed by atoms with Gasteiger partial charge in [0.2, 0.25) is 0 Å². The molecule has 0 aliphatic rings. The first-order chi connectivity index (χ1) is 10.4. The quantitative estimate of drug-likeness (QED) is 0.916.